The molecule has 0 aliphatic rings. The summed E-state index contributed by atoms with van der Waals surface area (Å²) in [5.41, 5.74) is 1.94. The topological polar surface area (TPSA) is 30.2 Å². The van der Waals surface area contributed by atoms with E-state index in [2.05, 4.69) is 32.8 Å². The molecule has 0 saturated heterocycles. The Morgan fingerprint density at radius 1 is 1.42 bits per heavy atom. The van der Waals surface area contributed by atoms with Gasteiger partial charge in [0, 0.05) is 6.20 Å². The maximum absolute atomic E-state index is 4.23. The smallest absolute Gasteiger partial charge is 0.156 e. The molecule has 0 atom stereocenters. The van der Waals surface area contributed by atoms with Crippen LogP contribution in [0, 0.1) is 0 Å². The van der Waals surface area contributed by atoms with Crippen LogP contribution >= 0.6 is 15.9 Å². The molecule has 0 spiro atoms. The molecule has 0 saturated carbocycles. The van der Waals surface area contributed by atoms with Gasteiger partial charge in [-0.1, -0.05) is 6.92 Å². The molecule has 12 heavy (non-hydrogen) atoms. The van der Waals surface area contributed by atoms with Gasteiger partial charge < -0.3 is 0 Å². The molecule has 0 N–H and O–H groups in total. The minimum absolute atomic E-state index is 0.874. The molecular formula is C8H8BrN3. The molecule has 2 heterocycles. The molecule has 0 aromatic carbocycles. The van der Waals surface area contributed by atoms with E-state index >= 15 is 0 Å². The Morgan fingerprint density at radius 3 is 3.00 bits per heavy atom. The monoisotopic (exact) mass is 225 g/mol. The number of halogens is 1. The lowest BCUT2D eigenvalue weighted by molar-refractivity contribution is 0.974. The number of aryl methyl sites for hydroxylation is 1. The van der Waals surface area contributed by atoms with E-state index in [0.717, 1.165) is 22.4 Å². The van der Waals surface area contributed by atoms with E-state index in [9.17, 15) is 0 Å². The summed E-state index contributed by atoms with van der Waals surface area (Å²) < 4.78 is 2.95. The van der Waals surface area contributed by atoms with E-state index in [1.54, 1.807) is 12.4 Å². The van der Waals surface area contributed by atoms with E-state index in [1.165, 1.54) is 0 Å². The summed E-state index contributed by atoms with van der Waals surface area (Å²) in [6, 6.07) is 0. The molecule has 0 unspecified atom stereocenters. The zero-order chi connectivity index (χ0) is 8.55. The Bertz CT molecular complexity index is 408. The molecule has 4 heteroatoms. The van der Waals surface area contributed by atoms with Crippen molar-refractivity contribution in [3.8, 4) is 0 Å². The summed E-state index contributed by atoms with van der Waals surface area (Å²) in [6.45, 7) is 2.08. The van der Waals surface area contributed by atoms with Gasteiger partial charge in [-0.2, -0.15) is 0 Å². The molecular weight excluding hydrogens is 218 g/mol. The summed E-state index contributed by atoms with van der Waals surface area (Å²) in [5.74, 6) is 0. The summed E-state index contributed by atoms with van der Waals surface area (Å²) >= 11 is 3.40. The van der Waals surface area contributed by atoms with Crippen LogP contribution in [-0.2, 0) is 6.42 Å². The van der Waals surface area contributed by atoms with Gasteiger partial charge in [0.15, 0.2) is 5.65 Å². The fraction of sp³-hybridized carbons (Fsp3) is 0.250. The Kier molecular flexibility index (Phi) is 1.84. The Labute approximate surface area is 78.6 Å². The Balaban J connectivity index is 2.71. The van der Waals surface area contributed by atoms with Crippen LogP contribution in [0.5, 0.6) is 0 Å². The lowest BCUT2D eigenvalue weighted by Gasteiger charge is -1.97. The van der Waals surface area contributed by atoms with Crippen LogP contribution in [-0.4, -0.2) is 14.4 Å². The van der Waals surface area contributed by atoms with E-state index in [4.69, 9.17) is 0 Å². The van der Waals surface area contributed by atoms with Gasteiger partial charge >= 0.3 is 0 Å². The lowest BCUT2D eigenvalue weighted by Crippen LogP contribution is -1.92. The van der Waals surface area contributed by atoms with Gasteiger partial charge in [-0.3, -0.25) is 9.38 Å². The van der Waals surface area contributed by atoms with Crippen molar-refractivity contribution < 1.29 is 0 Å². The Morgan fingerprint density at radius 2 is 2.25 bits per heavy atom. The third kappa shape index (κ3) is 1.12. The van der Waals surface area contributed by atoms with Crippen molar-refractivity contribution in [1.82, 2.24) is 14.4 Å². The van der Waals surface area contributed by atoms with Crippen molar-refractivity contribution in [1.29, 1.82) is 0 Å². The first kappa shape index (κ1) is 7.73. The second-order valence-corrected chi connectivity index (χ2v) is 3.35. The van der Waals surface area contributed by atoms with Crippen molar-refractivity contribution in [3.63, 3.8) is 0 Å². The molecule has 0 fully saturated rings. The van der Waals surface area contributed by atoms with Crippen LogP contribution in [0.1, 0.15) is 12.6 Å². The first-order valence-electron chi connectivity index (χ1n) is 3.78. The fourth-order valence-electron chi connectivity index (χ4n) is 1.08. The highest BCUT2D eigenvalue weighted by Crippen LogP contribution is 2.12. The van der Waals surface area contributed by atoms with Crippen LogP contribution in [0.2, 0.25) is 0 Å². The van der Waals surface area contributed by atoms with E-state index in [-0.39, 0.29) is 0 Å². The molecule has 2 aromatic heterocycles. The summed E-state index contributed by atoms with van der Waals surface area (Å²) in [5, 5.41) is 0. The predicted molar refractivity (Wildman–Crippen MR) is 50.1 cm³/mol. The molecule has 3 nitrogen and oxygen atoms in total. The van der Waals surface area contributed by atoms with Crippen LogP contribution < -0.4 is 0 Å². The molecule has 0 radical (unpaired) electrons. The third-order valence-electron chi connectivity index (χ3n) is 1.77. The minimum Gasteiger partial charge on any atom is -0.291 e. The number of nitrogens with zero attached hydrogens (tertiary/aromatic N) is 3. The standard InChI is InChI=1S/C8H8BrN3/c1-2-6-5-12-7(9)3-11-8(12)4-10-6/h3-5H,2H2,1H3. The van der Waals surface area contributed by atoms with E-state index in [1.807, 2.05) is 10.6 Å². The summed E-state index contributed by atoms with van der Waals surface area (Å²) in [6.07, 6.45) is 6.49. The zero-order valence-electron chi connectivity index (χ0n) is 6.66. The maximum atomic E-state index is 4.23. The molecule has 0 amide bonds. The van der Waals surface area contributed by atoms with Gasteiger partial charge in [-0.25, -0.2) is 4.98 Å². The van der Waals surface area contributed by atoms with Crippen LogP contribution in [0.4, 0.5) is 0 Å². The number of rotatable bonds is 1. The van der Waals surface area contributed by atoms with Crippen LogP contribution in [0.15, 0.2) is 23.2 Å². The van der Waals surface area contributed by atoms with Crippen molar-refractivity contribution in [2.24, 2.45) is 0 Å². The van der Waals surface area contributed by atoms with Crippen molar-refractivity contribution in [2.75, 3.05) is 0 Å². The van der Waals surface area contributed by atoms with E-state index < -0.39 is 0 Å². The quantitative estimate of drug-likeness (QED) is 0.744. The molecule has 2 rings (SSSR count). The van der Waals surface area contributed by atoms with Gasteiger partial charge in [-0.05, 0) is 22.4 Å². The average molecular weight is 226 g/mol. The van der Waals surface area contributed by atoms with Gasteiger partial charge in [0.05, 0.1) is 18.1 Å². The maximum Gasteiger partial charge on any atom is 0.156 e. The van der Waals surface area contributed by atoms with Crippen LogP contribution in [0.25, 0.3) is 5.65 Å². The van der Waals surface area contributed by atoms with Gasteiger partial charge in [0.1, 0.15) is 4.60 Å². The summed E-state index contributed by atoms with van der Waals surface area (Å²) in [7, 11) is 0. The number of hydrogen-bond acceptors (Lipinski definition) is 2. The number of fused-ring (bicyclic) bond motifs is 1. The van der Waals surface area contributed by atoms with Gasteiger partial charge in [0.2, 0.25) is 0 Å². The highest BCUT2D eigenvalue weighted by atomic mass is 79.9. The number of imidazole rings is 1. The first-order chi connectivity index (χ1) is 5.81. The normalized spacial score (nSPS) is 10.8. The highest BCUT2D eigenvalue weighted by Gasteiger charge is 2.00. The zero-order valence-corrected chi connectivity index (χ0v) is 8.24. The molecule has 0 aliphatic heterocycles. The molecule has 62 valence electrons. The molecule has 2 aromatic rings. The molecule has 0 aliphatic carbocycles. The number of aromatic nitrogens is 3. The fourth-order valence-corrected chi connectivity index (χ4v) is 1.47. The predicted octanol–water partition coefficient (Wildman–Crippen LogP) is 2.05. The third-order valence-corrected chi connectivity index (χ3v) is 2.35. The highest BCUT2D eigenvalue weighted by molar-refractivity contribution is 9.10. The largest absolute Gasteiger partial charge is 0.291 e. The SMILES string of the molecule is CCc1cn2c(Br)cnc2cn1. The summed E-state index contributed by atoms with van der Waals surface area (Å²) in [4.78, 5) is 8.38. The lowest BCUT2D eigenvalue weighted by atomic mass is 10.3. The van der Waals surface area contributed by atoms with Crippen molar-refractivity contribution in [3.05, 3.63) is 28.9 Å². The number of hydrogen-bond donors (Lipinski definition) is 0. The first-order valence-corrected chi connectivity index (χ1v) is 4.58. The van der Waals surface area contributed by atoms with Gasteiger partial charge in [-0.15, -0.1) is 0 Å². The van der Waals surface area contributed by atoms with Crippen molar-refractivity contribution in [2.45, 2.75) is 13.3 Å². The Hall–Kier alpha value is -0.900. The van der Waals surface area contributed by atoms with Gasteiger partial charge in [0.25, 0.3) is 0 Å². The van der Waals surface area contributed by atoms with Crippen molar-refractivity contribution >= 4 is 21.6 Å². The van der Waals surface area contributed by atoms with E-state index in [0.29, 0.717) is 0 Å². The molecule has 0 bridgehead atoms. The van der Waals surface area contributed by atoms with Crippen LogP contribution in [0.3, 0.4) is 0 Å². The minimum atomic E-state index is 0.874. The second-order valence-electron chi connectivity index (χ2n) is 2.54. The average Bonchev–Trinajstić information content (AvgIpc) is 2.47. The second kappa shape index (κ2) is 2.86.